The van der Waals surface area contributed by atoms with Gasteiger partial charge in [0, 0.05) is 25.7 Å². The van der Waals surface area contributed by atoms with E-state index in [0.29, 0.717) is 12.5 Å². The Morgan fingerprint density at radius 2 is 2.08 bits per heavy atom. The standard InChI is InChI=1S/C19H30N2O3/c1-3-16-4-5-18(24-16)17-12-14(2)6-9-21(17)13-19(22)20-15-7-10-23-11-8-15/h4-5,14-15,17H,3,6-13H2,1-2H3,(H,20,22)/t14-,17-/m1/s1. The van der Waals surface area contributed by atoms with Gasteiger partial charge in [-0.1, -0.05) is 13.8 Å². The molecule has 5 heteroatoms. The van der Waals surface area contributed by atoms with Crippen molar-refractivity contribution in [3.8, 4) is 0 Å². The van der Waals surface area contributed by atoms with Crippen LogP contribution < -0.4 is 5.32 Å². The van der Waals surface area contributed by atoms with Gasteiger partial charge < -0.3 is 14.5 Å². The molecule has 2 atom stereocenters. The van der Waals surface area contributed by atoms with Crippen LogP contribution in [0.2, 0.25) is 0 Å². The second-order valence-corrected chi connectivity index (χ2v) is 7.23. The fraction of sp³-hybridized carbons (Fsp3) is 0.737. The van der Waals surface area contributed by atoms with E-state index in [4.69, 9.17) is 9.15 Å². The molecule has 1 aromatic rings. The zero-order chi connectivity index (χ0) is 16.9. The number of carbonyl (C=O) groups excluding carboxylic acids is 1. The summed E-state index contributed by atoms with van der Waals surface area (Å²) in [5.41, 5.74) is 0. The van der Waals surface area contributed by atoms with Gasteiger partial charge in [0.15, 0.2) is 0 Å². The first-order valence-corrected chi connectivity index (χ1v) is 9.35. The van der Waals surface area contributed by atoms with Crippen molar-refractivity contribution < 1.29 is 13.9 Å². The molecule has 134 valence electrons. The first-order chi connectivity index (χ1) is 11.7. The second kappa shape index (κ2) is 8.17. The summed E-state index contributed by atoms with van der Waals surface area (Å²) < 4.78 is 11.3. The van der Waals surface area contributed by atoms with Crippen LogP contribution in [0.4, 0.5) is 0 Å². The summed E-state index contributed by atoms with van der Waals surface area (Å²) in [4.78, 5) is 14.8. The summed E-state index contributed by atoms with van der Waals surface area (Å²) in [6, 6.07) is 4.64. The molecule has 1 amide bonds. The van der Waals surface area contributed by atoms with Crippen LogP contribution >= 0.6 is 0 Å². The van der Waals surface area contributed by atoms with Gasteiger partial charge in [0.2, 0.25) is 5.91 Å². The minimum absolute atomic E-state index is 0.128. The maximum atomic E-state index is 12.5. The van der Waals surface area contributed by atoms with Crippen LogP contribution in [0.3, 0.4) is 0 Å². The Balaban J connectivity index is 1.61. The molecule has 2 saturated heterocycles. The predicted molar refractivity (Wildman–Crippen MR) is 92.8 cm³/mol. The number of likely N-dealkylation sites (tertiary alicyclic amines) is 1. The van der Waals surface area contributed by atoms with E-state index >= 15 is 0 Å². The molecule has 3 rings (SSSR count). The number of piperidine rings is 1. The number of aryl methyl sites for hydroxylation is 1. The second-order valence-electron chi connectivity index (χ2n) is 7.23. The van der Waals surface area contributed by atoms with Crippen LogP contribution in [0.5, 0.6) is 0 Å². The third kappa shape index (κ3) is 4.39. The summed E-state index contributed by atoms with van der Waals surface area (Å²) in [5.74, 6) is 2.83. The molecule has 3 heterocycles. The molecule has 0 radical (unpaired) electrons. The minimum Gasteiger partial charge on any atom is -0.464 e. The molecule has 2 fully saturated rings. The lowest BCUT2D eigenvalue weighted by molar-refractivity contribution is -0.124. The molecule has 24 heavy (non-hydrogen) atoms. The topological polar surface area (TPSA) is 54.7 Å². The van der Waals surface area contributed by atoms with Crippen molar-refractivity contribution in [2.75, 3.05) is 26.3 Å². The Bertz CT molecular complexity index is 536. The molecule has 0 spiro atoms. The van der Waals surface area contributed by atoms with E-state index in [2.05, 4.69) is 36.2 Å². The molecular weight excluding hydrogens is 304 g/mol. The van der Waals surface area contributed by atoms with E-state index in [1.54, 1.807) is 0 Å². The number of amides is 1. The summed E-state index contributed by atoms with van der Waals surface area (Å²) in [6.07, 6.45) is 4.95. The maximum absolute atomic E-state index is 12.5. The van der Waals surface area contributed by atoms with Gasteiger partial charge in [-0.25, -0.2) is 0 Å². The molecule has 5 nitrogen and oxygen atoms in total. The van der Waals surface area contributed by atoms with E-state index in [1.807, 2.05) is 0 Å². The van der Waals surface area contributed by atoms with E-state index in [0.717, 1.165) is 63.4 Å². The number of carbonyl (C=O) groups is 1. The van der Waals surface area contributed by atoms with Gasteiger partial charge in [0.05, 0.1) is 12.6 Å². The Labute approximate surface area is 144 Å². The van der Waals surface area contributed by atoms with Crippen LogP contribution in [-0.2, 0) is 16.0 Å². The fourth-order valence-corrected chi connectivity index (χ4v) is 3.74. The highest BCUT2D eigenvalue weighted by atomic mass is 16.5. The summed E-state index contributed by atoms with van der Waals surface area (Å²) in [6.45, 7) is 7.30. The highest BCUT2D eigenvalue weighted by molar-refractivity contribution is 5.78. The molecule has 0 bridgehead atoms. The number of hydrogen-bond acceptors (Lipinski definition) is 4. The highest BCUT2D eigenvalue weighted by Gasteiger charge is 2.31. The lowest BCUT2D eigenvalue weighted by atomic mass is 9.91. The van der Waals surface area contributed by atoms with Crippen LogP contribution in [0.25, 0.3) is 0 Å². The molecule has 0 aromatic carbocycles. The summed E-state index contributed by atoms with van der Waals surface area (Å²) in [7, 11) is 0. The Kier molecular flexibility index (Phi) is 5.95. The lowest BCUT2D eigenvalue weighted by Crippen LogP contribution is -2.46. The Morgan fingerprint density at radius 3 is 2.79 bits per heavy atom. The number of nitrogens with zero attached hydrogens (tertiary/aromatic N) is 1. The first kappa shape index (κ1) is 17.5. The largest absolute Gasteiger partial charge is 0.464 e. The molecular formula is C19H30N2O3. The molecule has 2 aliphatic heterocycles. The first-order valence-electron chi connectivity index (χ1n) is 9.35. The lowest BCUT2D eigenvalue weighted by Gasteiger charge is -2.37. The minimum atomic E-state index is 0.128. The van der Waals surface area contributed by atoms with E-state index < -0.39 is 0 Å². The maximum Gasteiger partial charge on any atom is 0.234 e. The van der Waals surface area contributed by atoms with Gasteiger partial charge in [-0.05, 0) is 50.3 Å². The SMILES string of the molecule is CCc1ccc([C@H]2C[C@H](C)CCN2CC(=O)NC2CCOCC2)o1. The third-order valence-electron chi connectivity index (χ3n) is 5.27. The number of hydrogen-bond donors (Lipinski definition) is 1. The van der Waals surface area contributed by atoms with Crippen LogP contribution in [0, 0.1) is 5.92 Å². The van der Waals surface area contributed by atoms with Crippen molar-refractivity contribution in [3.63, 3.8) is 0 Å². The van der Waals surface area contributed by atoms with E-state index in [1.165, 1.54) is 0 Å². The molecule has 1 aromatic heterocycles. The van der Waals surface area contributed by atoms with Gasteiger partial charge in [-0.15, -0.1) is 0 Å². The number of nitrogens with one attached hydrogen (secondary N) is 1. The van der Waals surface area contributed by atoms with Crippen molar-refractivity contribution in [2.45, 2.75) is 58.0 Å². The Morgan fingerprint density at radius 1 is 1.29 bits per heavy atom. The summed E-state index contributed by atoms with van der Waals surface area (Å²) in [5, 5.41) is 3.17. The molecule has 2 aliphatic rings. The normalized spacial score (nSPS) is 26.4. The average Bonchev–Trinajstić information content (AvgIpc) is 3.06. The zero-order valence-electron chi connectivity index (χ0n) is 14.9. The highest BCUT2D eigenvalue weighted by Crippen LogP contribution is 2.34. The monoisotopic (exact) mass is 334 g/mol. The van der Waals surface area contributed by atoms with Crippen molar-refractivity contribution >= 4 is 5.91 Å². The predicted octanol–water partition coefficient (Wildman–Crippen LogP) is 2.91. The van der Waals surface area contributed by atoms with Crippen molar-refractivity contribution in [1.29, 1.82) is 0 Å². The van der Waals surface area contributed by atoms with Crippen molar-refractivity contribution in [1.82, 2.24) is 10.2 Å². The van der Waals surface area contributed by atoms with Crippen LogP contribution in [0.1, 0.15) is 57.1 Å². The molecule has 1 N–H and O–H groups in total. The fourth-order valence-electron chi connectivity index (χ4n) is 3.74. The zero-order valence-corrected chi connectivity index (χ0v) is 14.9. The third-order valence-corrected chi connectivity index (χ3v) is 5.27. The number of rotatable bonds is 5. The van der Waals surface area contributed by atoms with Gasteiger partial charge in [0.25, 0.3) is 0 Å². The quantitative estimate of drug-likeness (QED) is 0.899. The Hall–Kier alpha value is -1.33. The van der Waals surface area contributed by atoms with Gasteiger partial charge >= 0.3 is 0 Å². The van der Waals surface area contributed by atoms with Crippen molar-refractivity contribution in [2.24, 2.45) is 5.92 Å². The van der Waals surface area contributed by atoms with Gasteiger partial charge in [0.1, 0.15) is 11.5 Å². The van der Waals surface area contributed by atoms with E-state index in [-0.39, 0.29) is 18.0 Å². The number of furan rings is 1. The molecule has 0 saturated carbocycles. The molecule has 0 aliphatic carbocycles. The molecule has 0 unspecified atom stereocenters. The van der Waals surface area contributed by atoms with Crippen LogP contribution in [0.15, 0.2) is 16.5 Å². The number of ether oxygens (including phenoxy) is 1. The van der Waals surface area contributed by atoms with Gasteiger partial charge in [-0.2, -0.15) is 0 Å². The average molecular weight is 334 g/mol. The van der Waals surface area contributed by atoms with Crippen molar-refractivity contribution in [3.05, 3.63) is 23.7 Å². The van der Waals surface area contributed by atoms with Crippen LogP contribution in [-0.4, -0.2) is 43.2 Å². The van der Waals surface area contributed by atoms with Gasteiger partial charge in [-0.3, -0.25) is 9.69 Å². The summed E-state index contributed by atoms with van der Waals surface area (Å²) >= 11 is 0. The smallest absolute Gasteiger partial charge is 0.234 e. The van der Waals surface area contributed by atoms with E-state index in [9.17, 15) is 4.79 Å².